The SMILES string of the molecule is CCCC(CC)CCC(=O)C1=CC=C(C(C)=O)CC1. The Morgan fingerprint density at radius 1 is 1.11 bits per heavy atom. The van der Waals surface area contributed by atoms with E-state index >= 15 is 0 Å². The highest BCUT2D eigenvalue weighted by Crippen LogP contribution is 2.23. The van der Waals surface area contributed by atoms with Crippen LogP contribution in [0.5, 0.6) is 0 Å². The van der Waals surface area contributed by atoms with Gasteiger partial charge in [-0.15, -0.1) is 0 Å². The van der Waals surface area contributed by atoms with Gasteiger partial charge in [-0.1, -0.05) is 45.3 Å². The molecular formula is C17H26O2. The Bertz CT molecular complexity index is 388. The van der Waals surface area contributed by atoms with Crippen LogP contribution < -0.4 is 0 Å². The summed E-state index contributed by atoms with van der Waals surface area (Å²) in [6.45, 7) is 5.98. The normalized spacial score (nSPS) is 16.6. The summed E-state index contributed by atoms with van der Waals surface area (Å²) in [6.07, 6.45) is 10.4. The highest BCUT2D eigenvalue weighted by Gasteiger charge is 2.16. The van der Waals surface area contributed by atoms with Gasteiger partial charge in [0.2, 0.25) is 0 Å². The number of rotatable bonds is 8. The molecule has 0 aliphatic heterocycles. The highest BCUT2D eigenvalue weighted by molar-refractivity contribution is 5.98. The largest absolute Gasteiger partial charge is 0.295 e. The molecule has 1 atom stereocenters. The summed E-state index contributed by atoms with van der Waals surface area (Å²) in [6, 6.07) is 0. The molecule has 0 aromatic carbocycles. The molecule has 0 radical (unpaired) electrons. The van der Waals surface area contributed by atoms with Crippen LogP contribution in [-0.2, 0) is 9.59 Å². The molecule has 1 aliphatic carbocycles. The molecule has 0 amide bonds. The van der Waals surface area contributed by atoms with E-state index in [0.717, 1.165) is 36.8 Å². The van der Waals surface area contributed by atoms with E-state index in [0.29, 0.717) is 12.3 Å². The summed E-state index contributed by atoms with van der Waals surface area (Å²) >= 11 is 0. The van der Waals surface area contributed by atoms with Crippen molar-refractivity contribution >= 4 is 11.6 Å². The van der Waals surface area contributed by atoms with Crippen molar-refractivity contribution in [2.75, 3.05) is 0 Å². The van der Waals surface area contributed by atoms with E-state index in [1.165, 1.54) is 12.8 Å². The number of allylic oxidation sites excluding steroid dienone is 4. The minimum atomic E-state index is 0.122. The summed E-state index contributed by atoms with van der Waals surface area (Å²) in [4.78, 5) is 23.3. The quantitative estimate of drug-likeness (QED) is 0.650. The molecule has 0 spiro atoms. The average molecular weight is 262 g/mol. The second-order valence-electron chi connectivity index (χ2n) is 5.46. The van der Waals surface area contributed by atoms with Crippen LogP contribution in [0.4, 0.5) is 0 Å². The summed E-state index contributed by atoms with van der Waals surface area (Å²) in [7, 11) is 0. The van der Waals surface area contributed by atoms with E-state index < -0.39 is 0 Å². The first-order valence-electron chi connectivity index (χ1n) is 7.52. The molecule has 0 saturated heterocycles. The molecule has 1 rings (SSSR count). The van der Waals surface area contributed by atoms with Gasteiger partial charge < -0.3 is 0 Å². The van der Waals surface area contributed by atoms with Gasteiger partial charge in [0.15, 0.2) is 11.6 Å². The predicted molar refractivity (Wildman–Crippen MR) is 79.0 cm³/mol. The van der Waals surface area contributed by atoms with E-state index in [1.807, 2.05) is 12.2 Å². The monoisotopic (exact) mass is 262 g/mol. The summed E-state index contributed by atoms with van der Waals surface area (Å²) in [5, 5.41) is 0. The number of carbonyl (C=O) groups excluding carboxylic acids is 2. The molecule has 0 N–H and O–H groups in total. The summed E-state index contributed by atoms with van der Waals surface area (Å²) in [5.74, 6) is 1.08. The van der Waals surface area contributed by atoms with E-state index in [2.05, 4.69) is 13.8 Å². The third-order valence-electron chi connectivity index (χ3n) is 4.01. The highest BCUT2D eigenvalue weighted by atomic mass is 16.1. The Hall–Kier alpha value is -1.18. The smallest absolute Gasteiger partial charge is 0.158 e. The van der Waals surface area contributed by atoms with E-state index in [9.17, 15) is 9.59 Å². The lowest BCUT2D eigenvalue weighted by Gasteiger charge is -2.15. The van der Waals surface area contributed by atoms with Gasteiger partial charge in [-0.05, 0) is 43.3 Å². The van der Waals surface area contributed by atoms with Crippen LogP contribution in [0.1, 0.15) is 65.7 Å². The lowest BCUT2D eigenvalue weighted by Crippen LogP contribution is -2.10. The number of Topliss-reactive ketones (excluding diaryl/α,β-unsaturated/α-hetero) is 2. The summed E-state index contributed by atoms with van der Waals surface area (Å²) in [5.41, 5.74) is 1.74. The molecular weight excluding hydrogens is 236 g/mol. The Labute approximate surface area is 117 Å². The van der Waals surface area contributed by atoms with E-state index in [4.69, 9.17) is 0 Å². The molecule has 2 heteroatoms. The first-order chi connectivity index (χ1) is 9.08. The molecule has 0 aromatic rings. The third kappa shape index (κ3) is 5.14. The van der Waals surface area contributed by atoms with Crippen LogP contribution in [0.25, 0.3) is 0 Å². The molecule has 0 bridgehead atoms. The Balaban J connectivity index is 2.49. The fourth-order valence-electron chi connectivity index (χ4n) is 2.62. The Morgan fingerprint density at radius 3 is 2.21 bits per heavy atom. The third-order valence-corrected chi connectivity index (χ3v) is 4.01. The van der Waals surface area contributed by atoms with Crippen molar-refractivity contribution in [2.24, 2.45) is 5.92 Å². The van der Waals surface area contributed by atoms with Gasteiger partial charge in [0.25, 0.3) is 0 Å². The molecule has 19 heavy (non-hydrogen) atoms. The molecule has 0 fully saturated rings. The van der Waals surface area contributed by atoms with Crippen molar-refractivity contribution in [2.45, 2.75) is 65.7 Å². The minimum absolute atomic E-state index is 0.122. The maximum Gasteiger partial charge on any atom is 0.158 e. The lowest BCUT2D eigenvalue weighted by molar-refractivity contribution is -0.116. The maximum absolute atomic E-state index is 12.1. The zero-order valence-electron chi connectivity index (χ0n) is 12.5. The fourth-order valence-corrected chi connectivity index (χ4v) is 2.62. The van der Waals surface area contributed by atoms with Gasteiger partial charge >= 0.3 is 0 Å². The maximum atomic E-state index is 12.1. The predicted octanol–water partition coefficient (Wildman–Crippen LogP) is 4.40. The van der Waals surface area contributed by atoms with Crippen LogP contribution in [0, 0.1) is 5.92 Å². The van der Waals surface area contributed by atoms with Gasteiger partial charge in [0.05, 0.1) is 0 Å². The van der Waals surface area contributed by atoms with Gasteiger partial charge in [0, 0.05) is 6.42 Å². The lowest BCUT2D eigenvalue weighted by atomic mass is 9.89. The zero-order chi connectivity index (χ0) is 14.3. The van der Waals surface area contributed by atoms with Crippen LogP contribution >= 0.6 is 0 Å². The minimum Gasteiger partial charge on any atom is -0.295 e. The molecule has 0 aromatic heterocycles. The number of hydrogen-bond acceptors (Lipinski definition) is 2. The first-order valence-corrected chi connectivity index (χ1v) is 7.52. The van der Waals surface area contributed by atoms with E-state index in [-0.39, 0.29) is 11.6 Å². The van der Waals surface area contributed by atoms with Crippen molar-refractivity contribution in [3.63, 3.8) is 0 Å². The van der Waals surface area contributed by atoms with Crippen molar-refractivity contribution < 1.29 is 9.59 Å². The number of carbonyl (C=O) groups is 2. The topological polar surface area (TPSA) is 34.1 Å². The number of hydrogen-bond donors (Lipinski definition) is 0. The fraction of sp³-hybridized carbons (Fsp3) is 0.647. The molecule has 1 unspecified atom stereocenters. The Kier molecular flexibility index (Phi) is 6.75. The zero-order valence-corrected chi connectivity index (χ0v) is 12.5. The molecule has 0 saturated carbocycles. The Morgan fingerprint density at radius 2 is 1.74 bits per heavy atom. The first kappa shape index (κ1) is 15.9. The van der Waals surface area contributed by atoms with Gasteiger partial charge in [-0.2, -0.15) is 0 Å². The second-order valence-corrected chi connectivity index (χ2v) is 5.46. The van der Waals surface area contributed by atoms with E-state index in [1.54, 1.807) is 6.92 Å². The summed E-state index contributed by atoms with van der Waals surface area (Å²) < 4.78 is 0. The van der Waals surface area contributed by atoms with Crippen LogP contribution in [0.2, 0.25) is 0 Å². The molecule has 106 valence electrons. The van der Waals surface area contributed by atoms with Crippen LogP contribution in [-0.4, -0.2) is 11.6 Å². The van der Waals surface area contributed by atoms with Crippen molar-refractivity contribution in [1.29, 1.82) is 0 Å². The van der Waals surface area contributed by atoms with Crippen LogP contribution in [0.15, 0.2) is 23.3 Å². The number of ketones is 2. The standard InChI is InChI=1S/C17H26O2/c1-4-6-14(5-2)7-12-17(19)16-10-8-15(9-11-16)13(3)18/h8,10,14H,4-7,9,11-12H2,1-3H3. The molecule has 0 heterocycles. The van der Waals surface area contributed by atoms with Gasteiger partial charge in [0.1, 0.15) is 0 Å². The van der Waals surface area contributed by atoms with Crippen molar-refractivity contribution in [3.8, 4) is 0 Å². The van der Waals surface area contributed by atoms with Crippen molar-refractivity contribution in [1.82, 2.24) is 0 Å². The average Bonchev–Trinajstić information content (AvgIpc) is 2.43. The molecule has 2 nitrogen and oxygen atoms in total. The van der Waals surface area contributed by atoms with Crippen molar-refractivity contribution in [3.05, 3.63) is 23.3 Å². The van der Waals surface area contributed by atoms with Gasteiger partial charge in [-0.3, -0.25) is 9.59 Å². The van der Waals surface area contributed by atoms with Gasteiger partial charge in [-0.25, -0.2) is 0 Å². The second kappa shape index (κ2) is 8.08. The molecule has 1 aliphatic rings. The van der Waals surface area contributed by atoms with Crippen LogP contribution in [0.3, 0.4) is 0 Å².